The highest BCUT2D eigenvalue weighted by Crippen LogP contribution is 2.36. The Morgan fingerprint density at radius 2 is 1.71 bits per heavy atom. The molecule has 0 aromatic rings. The molecule has 2 atom stereocenters. The standard InChI is InChI=1S/C12H19O4P/c1-5-10(3)12(11(4)6-2)8-7-9-16-17(13,14)15/h1-2,10-12H,7-9H2,3-4H3,(H2,13,14,15). The fraction of sp³-hybridized carbons (Fsp3) is 0.667. The van der Waals surface area contributed by atoms with Gasteiger partial charge < -0.3 is 9.79 Å². The molecule has 0 saturated carbocycles. The Hall–Kier alpha value is -0.770. The number of hydrogen-bond acceptors (Lipinski definition) is 2. The minimum Gasteiger partial charge on any atom is -0.303 e. The summed E-state index contributed by atoms with van der Waals surface area (Å²) < 4.78 is 14.8. The van der Waals surface area contributed by atoms with Crippen LogP contribution in [0.4, 0.5) is 0 Å². The van der Waals surface area contributed by atoms with Crippen LogP contribution in [0, 0.1) is 42.4 Å². The van der Waals surface area contributed by atoms with Gasteiger partial charge in [0, 0.05) is 11.8 Å². The summed E-state index contributed by atoms with van der Waals surface area (Å²) in [6, 6.07) is 0. The Kier molecular flexibility index (Phi) is 7.19. The summed E-state index contributed by atoms with van der Waals surface area (Å²) in [6.07, 6.45) is 11.9. The first kappa shape index (κ1) is 16.2. The van der Waals surface area contributed by atoms with Gasteiger partial charge in [0.2, 0.25) is 0 Å². The van der Waals surface area contributed by atoms with Crippen LogP contribution < -0.4 is 0 Å². The van der Waals surface area contributed by atoms with E-state index in [1.54, 1.807) is 0 Å². The quantitative estimate of drug-likeness (QED) is 0.416. The number of terminal acetylenes is 2. The van der Waals surface area contributed by atoms with Crippen LogP contribution in [-0.2, 0) is 9.09 Å². The highest BCUT2D eigenvalue weighted by atomic mass is 31.2. The van der Waals surface area contributed by atoms with E-state index in [0.29, 0.717) is 12.8 Å². The zero-order chi connectivity index (χ0) is 13.5. The lowest BCUT2D eigenvalue weighted by Gasteiger charge is -2.23. The van der Waals surface area contributed by atoms with Gasteiger partial charge in [-0.1, -0.05) is 13.8 Å². The molecule has 2 N–H and O–H groups in total. The van der Waals surface area contributed by atoms with Crippen LogP contribution >= 0.6 is 7.82 Å². The molecule has 0 rings (SSSR count). The van der Waals surface area contributed by atoms with E-state index in [1.807, 2.05) is 13.8 Å². The van der Waals surface area contributed by atoms with Crippen molar-refractivity contribution in [2.24, 2.45) is 17.8 Å². The van der Waals surface area contributed by atoms with Gasteiger partial charge in [0.15, 0.2) is 0 Å². The van der Waals surface area contributed by atoms with E-state index in [0.717, 1.165) is 0 Å². The molecule has 5 heteroatoms. The van der Waals surface area contributed by atoms with E-state index in [4.69, 9.17) is 22.6 Å². The maximum absolute atomic E-state index is 10.5. The molecule has 0 saturated heterocycles. The van der Waals surface area contributed by atoms with E-state index >= 15 is 0 Å². The van der Waals surface area contributed by atoms with Gasteiger partial charge in [-0.15, -0.1) is 24.7 Å². The fourth-order valence-electron chi connectivity index (χ4n) is 1.68. The minimum atomic E-state index is -4.37. The number of hydrogen-bond donors (Lipinski definition) is 2. The van der Waals surface area contributed by atoms with E-state index in [-0.39, 0.29) is 24.4 Å². The molecule has 0 aliphatic carbocycles. The Morgan fingerprint density at radius 1 is 1.24 bits per heavy atom. The molecule has 0 radical (unpaired) electrons. The van der Waals surface area contributed by atoms with E-state index in [9.17, 15) is 4.57 Å². The van der Waals surface area contributed by atoms with Crippen LogP contribution in [0.25, 0.3) is 0 Å². The molecule has 0 aromatic heterocycles. The molecule has 0 amide bonds. The second-order valence-electron chi connectivity index (χ2n) is 4.04. The van der Waals surface area contributed by atoms with Crippen molar-refractivity contribution < 1.29 is 18.9 Å². The number of phosphoric acid groups is 1. The molecular formula is C12H19O4P. The lowest BCUT2D eigenvalue weighted by molar-refractivity contribution is 0.185. The molecule has 0 bridgehead atoms. The zero-order valence-electron chi connectivity index (χ0n) is 10.2. The normalized spacial score (nSPS) is 16.6. The third-order valence-electron chi connectivity index (χ3n) is 2.75. The lowest BCUT2D eigenvalue weighted by Crippen LogP contribution is -2.18. The maximum Gasteiger partial charge on any atom is 0.469 e. The van der Waals surface area contributed by atoms with E-state index < -0.39 is 7.82 Å². The fourth-order valence-corrected chi connectivity index (χ4v) is 2.05. The van der Waals surface area contributed by atoms with Crippen molar-refractivity contribution in [2.45, 2.75) is 26.7 Å². The molecule has 4 nitrogen and oxygen atoms in total. The Morgan fingerprint density at radius 3 is 2.06 bits per heavy atom. The van der Waals surface area contributed by atoms with Crippen molar-refractivity contribution in [1.29, 1.82) is 0 Å². The second kappa shape index (κ2) is 7.54. The monoisotopic (exact) mass is 258 g/mol. The summed E-state index contributed by atoms with van der Waals surface area (Å²) >= 11 is 0. The first-order valence-electron chi connectivity index (χ1n) is 5.44. The van der Waals surface area contributed by atoms with Gasteiger partial charge in [-0.3, -0.25) is 4.52 Å². The summed E-state index contributed by atoms with van der Waals surface area (Å²) in [7, 11) is -4.37. The number of rotatable bonds is 7. The van der Waals surface area contributed by atoms with Crippen LogP contribution in [0.3, 0.4) is 0 Å². The van der Waals surface area contributed by atoms with Crippen LogP contribution in [0.15, 0.2) is 0 Å². The Labute approximate surface area is 103 Å². The molecule has 0 heterocycles. The molecule has 96 valence electrons. The number of phosphoric ester groups is 1. The minimum absolute atomic E-state index is 0.00929. The van der Waals surface area contributed by atoms with Gasteiger partial charge in [0.1, 0.15) is 0 Å². The molecule has 17 heavy (non-hydrogen) atoms. The SMILES string of the molecule is C#CC(C)C(CCCOP(=O)(O)O)C(C)C#C. The topological polar surface area (TPSA) is 66.8 Å². The van der Waals surface area contributed by atoms with E-state index in [1.165, 1.54) is 0 Å². The Balaban J connectivity index is 4.16. The molecule has 0 aliphatic heterocycles. The molecular weight excluding hydrogens is 239 g/mol. The third kappa shape index (κ3) is 7.21. The molecule has 0 aliphatic rings. The van der Waals surface area contributed by atoms with Gasteiger partial charge in [0.25, 0.3) is 0 Å². The highest BCUT2D eigenvalue weighted by molar-refractivity contribution is 7.46. The van der Waals surface area contributed by atoms with Gasteiger partial charge in [-0.2, -0.15) is 0 Å². The average molecular weight is 258 g/mol. The van der Waals surface area contributed by atoms with Gasteiger partial charge in [-0.25, -0.2) is 4.57 Å². The van der Waals surface area contributed by atoms with Crippen molar-refractivity contribution in [3.8, 4) is 24.7 Å². The molecule has 2 unspecified atom stereocenters. The second-order valence-corrected chi connectivity index (χ2v) is 5.28. The van der Waals surface area contributed by atoms with Crippen LogP contribution in [-0.4, -0.2) is 16.4 Å². The summed E-state index contributed by atoms with van der Waals surface area (Å²) in [6.45, 7) is 3.85. The first-order valence-corrected chi connectivity index (χ1v) is 6.97. The van der Waals surface area contributed by atoms with Crippen LogP contribution in [0.5, 0.6) is 0 Å². The van der Waals surface area contributed by atoms with Crippen molar-refractivity contribution >= 4 is 7.82 Å². The predicted octanol–water partition coefficient (Wildman–Crippen LogP) is 2.03. The van der Waals surface area contributed by atoms with Crippen LogP contribution in [0.1, 0.15) is 26.7 Å². The summed E-state index contributed by atoms with van der Waals surface area (Å²) in [5, 5.41) is 0. The largest absolute Gasteiger partial charge is 0.469 e. The van der Waals surface area contributed by atoms with E-state index in [2.05, 4.69) is 16.4 Å². The van der Waals surface area contributed by atoms with Crippen molar-refractivity contribution in [3.05, 3.63) is 0 Å². The molecule has 0 spiro atoms. The maximum atomic E-state index is 10.5. The average Bonchev–Trinajstić information content (AvgIpc) is 2.26. The summed E-state index contributed by atoms with van der Waals surface area (Å²) in [4.78, 5) is 17.0. The molecule has 0 fully saturated rings. The lowest BCUT2D eigenvalue weighted by atomic mass is 9.81. The summed E-state index contributed by atoms with van der Waals surface area (Å²) in [5.41, 5.74) is 0. The van der Waals surface area contributed by atoms with Gasteiger partial charge in [0.05, 0.1) is 6.61 Å². The first-order chi connectivity index (χ1) is 7.81. The Bertz CT molecular complexity index is 326. The third-order valence-corrected chi connectivity index (χ3v) is 3.27. The predicted molar refractivity (Wildman–Crippen MR) is 66.7 cm³/mol. The highest BCUT2D eigenvalue weighted by Gasteiger charge is 2.21. The van der Waals surface area contributed by atoms with Crippen molar-refractivity contribution in [2.75, 3.05) is 6.61 Å². The van der Waals surface area contributed by atoms with Crippen molar-refractivity contribution in [1.82, 2.24) is 0 Å². The van der Waals surface area contributed by atoms with Gasteiger partial charge in [-0.05, 0) is 18.8 Å². The zero-order valence-corrected chi connectivity index (χ0v) is 11.1. The summed E-state index contributed by atoms with van der Waals surface area (Å²) in [5.74, 6) is 5.51. The van der Waals surface area contributed by atoms with Crippen LogP contribution in [0.2, 0.25) is 0 Å². The van der Waals surface area contributed by atoms with Gasteiger partial charge >= 0.3 is 7.82 Å². The smallest absolute Gasteiger partial charge is 0.303 e. The molecule has 0 aromatic carbocycles. The van der Waals surface area contributed by atoms with Crippen molar-refractivity contribution in [3.63, 3.8) is 0 Å².